The van der Waals surface area contributed by atoms with Crippen molar-refractivity contribution in [3.05, 3.63) is 29.8 Å². The highest BCUT2D eigenvalue weighted by molar-refractivity contribution is 5.85. The molecule has 1 aromatic rings. The minimum Gasteiger partial charge on any atom is -0.497 e. The Bertz CT molecular complexity index is 241. The van der Waals surface area contributed by atoms with E-state index in [0.717, 1.165) is 11.3 Å². The lowest BCUT2D eigenvalue weighted by molar-refractivity contribution is 0.414. The minimum absolute atomic E-state index is 0. The van der Waals surface area contributed by atoms with Crippen LogP contribution in [0.2, 0.25) is 0 Å². The van der Waals surface area contributed by atoms with Gasteiger partial charge < -0.3 is 16.2 Å². The fourth-order valence-corrected chi connectivity index (χ4v) is 0.987. The quantitative estimate of drug-likeness (QED) is 0.840. The molecule has 1 atom stereocenters. The zero-order valence-corrected chi connectivity index (χ0v) is 9.61. The molecule has 0 fully saturated rings. The molecule has 82 valence electrons. The molecule has 14 heavy (non-hydrogen) atoms. The molecule has 3 nitrogen and oxygen atoms in total. The third-order valence-corrected chi connectivity index (χ3v) is 1.80. The number of rotatable bonds is 3. The summed E-state index contributed by atoms with van der Waals surface area (Å²) >= 11 is 0. The van der Waals surface area contributed by atoms with Crippen molar-refractivity contribution < 1.29 is 4.74 Å². The Kier molecular flexibility index (Phi) is 8.99. The highest BCUT2D eigenvalue weighted by atomic mass is 35.5. The van der Waals surface area contributed by atoms with E-state index < -0.39 is 0 Å². The molecular formula is C9H16Cl2N2O. The third kappa shape index (κ3) is 4.15. The van der Waals surface area contributed by atoms with Gasteiger partial charge in [-0.15, -0.1) is 24.8 Å². The first-order chi connectivity index (χ1) is 5.77. The summed E-state index contributed by atoms with van der Waals surface area (Å²) in [7, 11) is 1.64. The zero-order valence-electron chi connectivity index (χ0n) is 7.97. The van der Waals surface area contributed by atoms with E-state index in [1.54, 1.807) is 7.11 Å². The fourth-order valence-electron chi connectivity index (χ4n) is 0.987. The molecule has 0 amide bonds. The molecule has 0 spiro atoms. The number of benzene rings is 1. The van der Waals surface area contributed by atoms with Crippen LogP contribution >= 0.6 is 24.8 Å². The third-order valence-electron chi connectivity index (χ3n) is 1.80. The summed E-state index contributed by atoms with van der Waals surface area (Å²) in [5.74, 6) is 0.836. The number of hydrogen-bond acceptors (Lipinski definition) is 3. The summed E-state index contributed by atoms with van der Waals surface area (Å²) in [6.45, 7) is 0.465. The average Bonchev–Trinajstić information content (AvgIpc) is 2.17. The van der Waals surface area contributed by atoms with Gasteiger partial charge in [0, 0.05) is 12.6 Å². The monoisotopic (exact) mass is 238 g/mol. The van der Waals surface area contributed by atoms with Gasteiger partial charge in [-0.1, -0.05) is 12.1 Å². The van der Waals surface area contributed by atoms with Crippen LogP contribution in [-0.2, 0) is 0 Å². The summed E-state index contributed by atoms with van der Waals surface area (Å²) in [5.41, 5.74) is 12.2. The van der Waals surface area contributed by atoms with Crippen LogP contribution in [0.1, 0.15) is 11.6 Å². The fraction of sp³-hybridized carbons (Fsp3) is 0.333. The van der Waals surface area contributed by atoms with Crippen molar-refractivity contribution in [1.82, 2.24) is 0 Å². The summed E-state index contributed by atoms with van der Waals surface area (Å²) in [6.07, 6.45) is 0. The molecule has 0 saturated heterocycles. The van der Waals surface area contributed by atoms with Gasteiger partial charge in [0.2, 0.25) is 0 Å². The van der Waals surface area contributed by atoms with E-state index in [1.807, 2.05) is 24.3 Å². The van der Waals surface area contributed by atoms with Crippen LogP contribution in [0.25, 0.3) is 0 Å². The molecular weight excluding hydrogens is 223 g/mol. The first kappa shape index (κ1) is 16.0. The van der Waals surface area contributed by atoms with Crippen molar-refractivity contribution in [2.75, 3.05) is 13.7 Å². The predicted octanol–water partition coefficient (Wildman–Crippen LogP) is 1.50. The van der Waals surface area contributed by atoms with E-state index in [9.17, 15) is 0 Å². The SMILES string of the molecule is COc1ccc([C@@H](N)CN)cc1.Cl.Cl. The Labute approximate surface area is 96.6 Å². The van der Waals surface area contributed by atoms with Crippen molar-refractivity contribution in [3.63, 3.8) is 0 Å². The second-order valence-corrected chi connectivity index (χ2v) is 2.62. The molecule has 0 aliphatic heterocycles. The first-order valence-electron chi connectivity index (χ1n) is 3.87. The molecule has 0 radical (unpaired) electrons. The minimum atomic E-state index is -0.0732. The average molecular weight is 239 g/mol. The van der Waals surface area contributed by atoms with E-state index in [-0.39, 0.29) is 30.9 Å². The van der Waals surface area contributed by atoms with E-state index in [4.69, 9.17) is 16.2 Å². The molecule has 0 saturated carbocycles. The van der Waals surface area contributed by atoms with Crippen LogP contribution in [0.4, 0.5) is 0 Å². The summed E-state index contributed by atoms with van der Waals surface area (Å²) in [5, 5.41) is 0. The van der Waals surface area contributed by atoms with E-state index >= 15 is 0 Å². The van der Waals surface area contributed by atoms with Gasteiger partial charge in [-0.3, -0.25) is 0 Å². The van der Waals surface area contributed by atoms with Gasteiger partial charge in [-0.05, 0) is 17.7 Å². The van der Waals surface area contributed by atoms with Gasteiger partial charge in [0.1, 0.15) is 5.75 Å². The Hall–Kier alpha value is -0.480. The van der Waals surface area contributed by atoms with Crippen molar-refractivity contribution in [2.45, 2.75) is 6.04 Å². The summed E-state index contributed by atoms with van der Waals surface area (Å²) in [6, 6.07) is 7.54. The second-order valence-electron chi connectivity index (χ2n) is 2.62. The number of methoxy groups -OCH3 is 1. The molecule has 0 bridgehead atoms. The molecule has 5 heteroatoms. The standard InChI is InChI=1S/C9H14N2O.2ClH/c1-12-8-4-2-7(3-5-8)9(11)6-10;;/h2-5,9H,6,10-11H2,1H3;2*1H/t9-;;/m0../s1. The van der Waals surface area contributed by atoms with Crippen molar-refractivity contribution in [3.8, 4) is 5.75 Å². The van der Waals surface area contributed by atoms with E-state index in [1.165, 1.54) is 0 Å². The smallest absolute Gasteiger partial charge is 0.118 e. The normalized spacial score (nSPS) is 10.8. The maximum atomic E-state index is 5.72. The molecule has 0 heterocycles. The Morgan fingerprint density at radius 1 is 1.21 bits per heavy atom. The van der Waals surface area contributed by atoms with Gasteiger partial charge in [0.15, 0.2) is 0 Å². The number of ether oxygens (including phenoxy) is 1. The molecule has 0 aliphatic carbocycles. The Balaban J connectivity index is 0. The van der Waals surface area contributed by atoms with Crippen LogP contribution in [0.3, 0.4) is 0 Å². The predicted molar refractivity (Wildman–Crippen MR) is 63.5 cm³/mol. The van der Waals surface area contributed by atoms with E-state index in [2.05, 4.69) is 0 Å². The highest BCUT2D eigenvalue weighted by Crippen LogP contribution is 2.14. The number of nitrogens with two attached hydrogens (primary N) is 2. The Morgan fingerprint density at radius 3 is 2.07 bits per heavy atom. The summed E-state index contributed by atoms with van der Waals surface area (Å²) in [4.78, 5) is 0. The van der Waals surface area contributed by atoms with Crippen LogP contribution in [0.5, 0.6) is 5.75 Å². The van der Waals surface area contributed by atoms with Gasteiger partial charge in [0.05, 0.1) is 7.11 Å². The van der Waals surface area contributed by atoms with Gasteiger partial charge >= 0.3 is 0 Å². The lowest BCUT2D eigenvalue weighted by Gasteiger charge is -2.08. The molecule has 1 rings (SSSR count). The van der Waals surface area contributed by atoms with Crippen LogP contribution in [0.15, 0.2) is 24.3 Å². The molecule has 0 aromatic heterocycles. The largest absolute Gasteiger partial charge is 0.497 e. The van der Waals surface area contributed by atoms with Gasteiger partial charge in [-0.25, -0.2) is 0 Å². The molecule has 0 unspecified atom stereocenters. The maximum absolute atomic E-state index is 5.72. The maximum Gasteiger partial charge on any atom is 0.118 e. The number of halogens is 2. The Morgan fingerprint density at radius 2 is 1.71 bits per heavy atom. The zero-order chi connectivity index (χ0) is 8.97. The second kappa shape index (κ2) is 7.88. The van der Waals surface area contributed by atoms with Crippen molar-refractivity contribution in [2.24, 2.45) is 11.5 Å². The lowest BCUT2D eigenvalue weighted by Crippen LogP contribution is -2.20. The van der Waals surface area contributed by atoms with Crippen molar-refractivity contribution in [1.29, 1.82) is 0 Å². The lowest BCUT2D eigenvalue weighted by atomic mass is 10.1. The van der Waals surface area contributed by atoms with Crippen LogP contribution in [-0.4, -0.2) is 13.7 Å². The molecule has 1 aromatic carbocycles. The van der Waals surface area contributed by atoms with Gasteiger partial charge in [-0.2, -0.15) is 0 Å². The van der Waals surface area contributed by atoms with Crippen LogP contribution < -0.4 is 16.2 Å². The van der Waals surface area contributed by atoms with E-state index in [0.29, 0.717) is 6.54 Å². The molecule has 0 aliphatic rings. The topological polar surface area (TPSA) is 61.3 Å². The van der Waals surface area contributed by atoms with Crippen LogP contribution in [0, 0.1) is 0 Å². The molecule has 4 N–H and O–H groups in total. The highest BCUT2D eigenvalue weighted by Gasteiger charge is 2.01. The van der Waals surface area contributed by atoms with Gasteiger partial charge in [0.25, 0.3) is 0 Å². The first-order valence-corrected chi connectivity index (χ1v) is 3.87. The number of hydrogen-bond donors (Lipinski definition) is 2. The summed E-state index contributed by atoms with van der Waals surface area (Å²) < 4.78 is 5.01. The van der Waals surface area contributed by atoms with Crippen molar-refractivity contribution >= 4 is 24.8 Å².